The molecule has 0 radical (unpaired) electrons. The summed E-state index contributed by atoms with van der Waals surface area (Å²) >= 11 is 4.50. The van der Waals surface area contributed by atoms with E-state index in [1.165, 1.54) is 0 Å². The van der Waals surface area contributed by atoms with Crippen LogP contribution in [0.1, 0.15) is 5.56 Å². The molecule has 1 N–H and O–H groups in total. The molecular weight excluding hydrogens is 294 g/mol. The summed E-state index contributed by atoms with van der Waals surface area (Å²) in [6.45, 7) is 2.00. The van der Waals surface area contributed by atoms with Crippen LogP contribution in [0, 0.1) is 6.92 Å². The molecule has 20 heavy (non-hydrogen) atoms. The number of H-pyrrole nitrogens is 1. The number of aromatic amines is 1. The molecule has 3 rings (SSSR count). The fourth-order valence-corrected chi connectivity index (χ4v) is 2.33. The number of hydrogen-bond acceptors (Lipinski definition) is 4. The highest BCUT2D eigenvalue weighted by Gasteiger charge is 2.14. The van der Waals surface area contributed by atoms with Crippen LogP contribution in [0.3, 0.4) is 0 Å². The van der Waals surface area contributed by atoms with E-state index in [2.05, 4.69) is 27.6 Å². The molecule has 3 aromatic rings. The molecule has 2 aromatic heterocycles. The van der Waals surface area contributed by atoms with E-state index in [4.69, 9.17) is 4.74 Å². The van der Waals surface area contributed by atoms with Gasteiger partial charge in [0.2, 0.25) is 0 Å². The number of methoxy groups -OCH3 is 1. The maximum absolute atomic E-state index is 5.46. The Morgan fingerprint density at radius 3 is 2.75 bits per heavy atom. The smallest absolute Gasteiger partial charge is 0.143 e. The standard InChI is InChI=1S/C14H13N3OS.ClH/c1-8-3-4-9(12(18-2)13(8)19)14-16-10-5-6-15-7-11(10)17-14;/h3-7,19H,1-2H3,(H,16,17);1H. The molecule has 0 bridgehead atoms. The van der Waals surface area contributed by atoms with Gasteiger partial charge in [-0.25, -0.2) is 4.98 Å². The summed E-state index contributed by atoms with van der Waals surface area (Å²) in [5, 5.41) is 0. The second-order valence-corrected chi connectivity index (χ2v) is 4.74. The van der Waals surface area contributed by atoms with Crippen LogP contribution in [0.4, 0.5) is 0 Å². The third-order valence-corrected chi connectivity index (χ3v) is 3.63. The molecule has 1 aromatic carbocycles. The zero-order valence-electron chi connectivity index (χ0n) is 11.0. The van der Waals surface area contributed by atoms with Crippen molar-refractivity contribution >= 4 is 36.1 Å². The van der Waals surface area contributed by atoms with Gasteiger partial charge in [0.15, 0.2) is 0 Å². The van der Waals surface area contributed by atoms with E-state index in [1.807, 2.05) is 25.1 Å². The van der Waals surface area contributed by atoms with Crippen LogP contribution in [0.15, 0.2) is 35.5 Å². The minimum absolute atomic E-state index is 0. The normalized spacial score (nSPS) is 10.3. The number of nitrogens with zero attached hydrogens (tertiary/aromatic N) is 2. The highest BCUT2D eigenvalue weighted by atomic mass is 35.5. The molecule has 0 saturated heterocycles. The van der Waals surface area contributed by atoms with Gasteiger partial charge in [-0.05, 0) is 24.6 Å². The molecule has 0 aliphatic rings. The summed E-state index contributed by atoms with van der Waals surface area (Å²) in [6, 6.07) is 5.89. The zero-order valence-corrected chi connectivity index (χ0v) is 12.8. The third-order valence-electron chi connectivity index (χ3n) is 3.08. The first-order chi connectivity index (χ1) is 9.20. The number of aryl methyl sites for hydroxylation is 1. The third kappa shape index (κ3) is 2.34. The van der Waals surface area contributed by atoms with Gasteiger partial charge in [-0.3, -0.25) is 4.98 Å². The molecule has 4 nitrogen and oxygen atoms in total. The van der Waals surface area contributed by atoms with Crippen molar-refractivity contribution in [2.24, 2.45) is 0 Å². The summed E-state index contributed by atoms with van der Waals surface area (Å²) in [4.78, 5) is 12.7. The molecule has 0 fully saturated rings. The lowest BCUT2D eigenvalue weighted by molar-refractivity contribution is 0.406. The van der Waals surface area contributed by atoms with Crippen molar-refractivity contribution in [2.75, 3.05) is 7.11 Å². The Balaban J connectivity index is 0.00000147. The molecule has 6 heteroatoms. The number of nitrogens with one attached hydrogen (secondary N) is 1. The average Bonchev–Trinajstić information content (AvgIpc) is 2.85. The van der Waals surface area contributed by atoms with Gasteiger partial charge in [0.05, 0.1) is 24.4 Å². The number of thiol groups is 1. The Morgan fingerprint density at radius 2 is 2.05 bits per heavy atom. The number of benzene rings is 1. The molecule has 0 aliphatic heterocycles. The molecule has 2 heterocycles. The molecule has 0 saturated carbocycles. The van der Waals surface area contributed by atoms with E-state index < -0.39 is 0 Å². The van der Waals surface area contributed by atoms with Crippen molar-refractivity contribution in [3.8, 4) is 17.1 Å². The van der Waals surface area contributed by atoms with Gasteiger partial charge in [0.25, 0.3) is 0 Å². The molecule has 0 unspecified atom stereocenters. The van der Waals surface area contributed by atoms with Gasteiger partial charge >= 0.3 is 0 Å². The second-order valence-electron chi connectivity index (χ2n) is 4.29. The molecule has 0 spiro atoms. The minimum atomic E-state index is 0. The van der Waals surface area contributed by atoms with Gasteiger partial charge in [0.1, 0.15) is 17.1 Å². The maximum Gasteiger partial charge on any atom is 0.143 e. The lowest BCUT2D eigenvalue weighted by Crippen LogP contribution is -1.92. The quantitative estimate of drug-likeness (QED) is 0.711. The van der Waals surface area contributed by atoms with E-state index in [-0.39, 0.29) is 12.4 Å². The summed E-state index contributed by atoms with van der Waals surface area (Å²) in [6.07, 6.45) is 3.47. The Bertz CT molecular complexity index is 724. The van der Waals surface area contributed by atoms with E-state index in [0.29, 0.717) is 0 Å². The molecular formula is C14H14ClN3OS. The number of pyridine rings is 1. The lowest BCUT2D eigenvalue weighted by Gasteiger charge is -2.10. The topological polar surface area (TPSA) is 50.8 Å². The predicted octanol–water partition coefficient (Wildman–Crippen LogP) is 3.65. The van der Waals surface area contributed by atoms with Crippen LogP contribution >= 0.6 is 25.0 Å². The van der Waals surface area contributed by atoms with Gasteiger partial charge in [-0.15, -0.1) is 25.0 Å². The maximum atomic E-state index is 5.46. The summed E-state index contributed by atoms with van der Waals surface area (Å²) in [5.74, 6) is 1.49. The Hall–Kier alpha value is -1.72. The van der Waals surface area contributed by atoms with Crippen molar-refractivity contribution in [1.29, 1.82) is 0 Å². The van der Waals surface area contributed by atoms with Crippen molar-refractivity contribution in [3.05, 3.63) is 36.2 Å². The van der Waals surface area contributed by atoms with Crippen molar-refractivity contribution in [3.63, 3.8) is 0 Å². The van der Waals surface area contributed by atoms with Gasteiger partial charge in [-0.2, -0.15) is 0 Å². The molecule has 0 aliphatic carbocycles. The highest BCUT2D eigenvalue weighted by Crippen LogP contribution is 2.36. The van der Waals surface area contributed by atoms with Crippen LogP contribution in [0.2, 0.25) is 0 Å². The van der Waals surface area contributed by atoms with E-state index in [0.717, 1.165) is 38.6 Å². The van der Waals surface area contributed by atoms with Crippen LogP contribution in [0.5, 0.6) is 5.75 Å². The van der Waals surface area contributed by atoms with Crippen molar-refractivity contribution in [1.82, 2.24) is 15.0 Å². The Morgan fingerprint density at radius 1 is 1.25 bits per heavy atom. The van der Waals surface area contributed by atoms with E-state index >= 15 is 0 Å². The monoisotopic (exact) mass is 307 g/mol. The zero-order chi connectivity index (χ0) is 13.4. The number of hydrogen-bond donors (Lipinski definition) is 2. The Labute approximate surface area is 128 Å². The lowest BCUT2D eigenvalue weighted by atomic mass is 10.1. The van der Waals surface area contributed by atoms with Crippen LogP contribution in [0.25, 0.3) is 22.4 Å². The number of imidazole rings is 1. The molecule has 0 atom stereocenters. The predicted molar refractivity (Wildman–Crippen MR) is 85.1 cm³/mol. The van der Waals surface area contributed by atoms with Crippen LogP contribution < -0.4 is 4.74 Å². The number of aromatic nitrogens is 3. The average molecular weight is 308 g/mol. The SMILES string of the molecule is COc1c(-c2nc3cnccc3[nH]2)ccc(C)c1S.Cl. The van der Waals surface area contributed by atoms with E-state index in [1.54, 1.807) is 19.5 Å². The fourth-order valence-electron chi connectivity index (χ4n) is 2.05. The summed E-state index contributed by atoms with van der Waals surface area (Å²) in [7, 11) is 1.64. The number of ether oxygens (including phenoxy) is 1. The first-order valence-electron chi connectivity index (χ1n) is 5.87. The summed E-state index contributed by atoms with van der Waals surface area (Å²) < 4.78 is 5.46. The Kier molecular flexibility index (Phi) is 4.20. The van der Waals surface area contributed by atoms with E-state index in [9.17, 15) is 0 Å². The largest absolute Gasteiger partial charge is 0.495 e. The molecule has 104 valence electrons. The minimum Gasteiger partial charge on any atom is -0.495 e. The first kappa shape index (κ1) is 14.7. The van der Waals surface area contributed by atoms with Crippen LogP contribution in [-0.2, 0) is 0 Å². The summed E-state index contributed by atoms with van der Waals surface area (Å²) in [5.41, 5.74) is 3.75. The second kappa shape index (κ2) is 5.73. The fraction of sp³-hybridized carbons (Fsp3) is 0.143. The van der Waals surface area contributed by atoms with Crippen molar-refractivity contribution in [2.45, 2.75) is 11.8 Å². The number of rotatable bonds is 2. The number of fused-ring (bicyclic) bond motifs is 1. The highest BCUT2D eigenvalue weighted by molar-refractivity contribution is 7.80. The van der Waals surface area contributed by atoms with Crippen molar-refractivity contribution < 1.29 is 4.74 Å². The first-order valence-corrected chi connectivity index (χ1v) is 6.32. The van der Waals surface area contributed by atoms with Gasteiger partial charge in [0, 0.05) is 11.1 Å². The molecule has 0 amide bonds. The van der Waals surface area contributed by atoms with Crippen LogP contribution in [-0.4, -0.2) is 22.1 Å². The van der Waals surface area contributed by atoms with Gasteiger partial charge in [-0.1, -0.05) is 6.07 Å². The van der Waals surface area contributed by atoms with Gasteiger partial charge < -0.3 is 9.72 Å². The number of halogens is 1.